The molecule has 48 heavy (non-hydrogen) atoms. The van der Waals surface area contributed by atoms with Crippen LogP contribution in [0.2, 0.25) is 0 Å². The van der Waals surface area contributed by atoms with Gasteiger partial charge in [0, 0.05) is 56.1 Å². The highest BCUT2D eigenvalue weighted by molar-refractivity contribution is 6.01. The zero-order valence-electron chi connectivity index (χ0n) is 27.4. The number of phenolic OH excluding ortho intramolecular Hbond substituents is 1. The zero-order valence-corrected chi connectivity index (χ0v) is 27.4. The van der Waals surface area contributed by atoms with Crippen LogP contribution in [-0.4, -0.2) is 105 Å². The molecule has 4 fully saturated rings. The Morgan fingerprint density at radius 1 is 1.04 bits per heavy atom. The number of nitrogens with one attached hydrogen (secondary N) is 1. The van der Waals surface area contributed by atoms with E-state index < -0.39 is 11.9 Å². The SMILES string of the molecule is CC(=O)NCC(O)CN1[C@@H]2CC[C@H]1CN(c1nc(OCC34CCCN3CCC4)nc3c(F)c(-c4cc(O)cc5ccccc45)ccc13)C2. The van der Waals surface area contributed by atoms with Crippen molar-refractivity contribution in [1.29, 1.82) is 0 Å². The number of amides is 1. The Balaban J connectivity index is 1.16. The Kier molecular flexibility index (Phi) is 8.09. The summed E-state index contributed by atoms with van der Waals surface area (Å²) in [5, 5.41) is 26.2. The second-order valence-electron chi connectivity index (χ2n) is 14.2. The summed E-state index contributed by atoms with van der Waals surface area (Å²) in [6.07, 6.45) is 5.77. The third kappa shape index (κ3) is 5.61. The van der Waals surface area contributed by atoms with Gasteiger partial charge in [-0.2, -0.15) is 9.97 Å². The van der Waals surface area contributed by atoms with Crippen molar-refractivity contribution in [3.05, 3.63) is 54.3 Å². The number of fused-ring (bicyclic) bond motifs is 5. The van der Waals surface area contributed by atoms with Gasteiger partial charge in [0.05, 0.1) is 11.6 Å². The summed E-state index contributed by atoms with van der Waals surface area (Å²) in [6, 6.07) is 15.2. The first-order valence-electron chi connectivity index (χ1n) is 17.3. The lowest BCUT2D eigenvalue weighted by Gasteiger charge is -2.42. The van der Waals surface area contributed by atoms with E-state index in [0.717, 1.165) is 62.4 Å². The highest BCUT2D eigenvalue weighted by atomic mass is 19.1. The van der Waals surface area contributed by atoms with Crippen LogP contribution in [0, 0.1) is 5.82 Å². The van der Waals surface area contributed by atoms with E-state index in [9.17, 15) is 15.0 Å². The van der Waals surface area contributed by atoms with Crippen LogP contribution in [0.5, 0.6) is 11.8 Å². The van der Waals surface area contributed by atoms with Crippen LogP contribution < -0.4 is 15.0 Å². The number of aromatic hydroxyl groups is 1. The fourth-order valence-corrected chi connectivity index (χ4v) is 8.85. The van der Waals surface area contributed by atoms with Crippen molar-refractivity contribution >= 4 is 33.4 Å². The predicted molar refractivity (Wildman–Crippen MR) is 183 cm³/mol. The number of rotatable bonds is 9. The maximum Gasteiger partial charge on any atom is 0.319 e. The number of hydrogen-bond donors (Lipinski definition) is 3. The van der Waals surface area contributed by atoms with E-state index in [1.807, 2.05) is 30.3 Å². The summed E-state index contributed by atoms with van der Waals surface area (Å²) in [5.41, 5.74) is 1.15. The number of carbonyl (C=O) groups is 1. The highest BCUT2D eigenvalue weighted by Gasteiger charge is 2.45. The number of aromatic nitrogens is 2. The van der Waals surface area contributed by atoms with Crippen LogP contribution in [0.4, 0.5) is 10.2 Å². The minimum atomic E-state index is -0.658. The monoisotopic (exact) mass is 654 g/mol. The first-order valence-corrected chi connectivity index (χ1v) is 17.3. The molecule has 8 rings (SSSR count). The van der Waals surface area contributed by atoms with Crippen LogP contribution >= 0.6 is 0 Å². The summed E-state index contributed by atoms with van der Waals surface area (Å²) in [4.78, 5) is 28.2. The van der Waals surface area contributed by atoms with Gasteiger partial charge in [-0.15, -0.1) is 0 Å². The number of ether oxygens (including phenoxy) is 1. The molecular weight excluding hydrogens is 611 g/mol. The summed E-state index contributed by atoms with van der Waals surface area (Å²) < 4.78 is 23.3. The molecule has 11 heteroatoms. The quantitative estimate of drug-likeness (QED) is 0.241. The van der Waals surface area contributed by atoms with Gasteiger partial charge in [0.1, 0.15) is 23.7 Å². The molecule has 4 saturated heterocycles. The first kappa shape index (κ1) is 31.2. The zero-order chi connectivity index (χ0) is 33.0. The van der Waals surface area contributed by atoms with Gasteiger partial charge in [-0.05, 0) is 86.1 Å². The van der Waals surface area contributed by atoms with E-state index >= 15 is 4.39 Å². The van der Waals surface area contributed by atoms with Gasteiger partial charge in [0.25, 0.3) is 0 Å². The minimum Gasteiger partial charge on any atom is -0.508 e. The molecule has 0 saturated carbocycles. The van der Waals surface area contributed by atoms with Gasteiger partial charge in [-0.1, -0.05) is 30.3 Å². The number of anilines is 1. The van der Waals surface area contributed by atoms with Crippen molar-refractivity contribution in [1.82, 2.24) is 25.1 Å². The van der Waals surface area contributed by atoms with E-state index in [1.54, 1.807) is 18.2 Å². The summed E-state index contributed by atoms with van der Waals surface area (Å²) >= 11 is 0. The minimum absolute atomic E-state index is 0.0117. The standard InChI is InChI=1S/C37H43FN6O4/c1-23(45)39-18-28(47)21-44-25-8-9-26(44)20-42(19-25)35-31-11-10-30(32-17-27(46)16-24-6-2-3-7-29(24)32)33(38)34(31)40-36(41-35)48-22-37-12-4-14-43(37)15-5-13-37/h2-3,6-7,10-11,16-17,25-26,28,46-47H,4-5,8-9,12-15,18-22H2,1H3,(H,39,45)/t25-,26+,28?. The molecule has 0 spiro atoms. The summed E-state index contributed by atoms with van der Waals surface area (Å²) in [7, 11) is 0. The molecule has 3 aromatic carbocycles. The summed E-state index contributed by atoms with van der Waals surface area (Å²) in [6.45, 7) is 6.14. The number of carbonyl (C=O) groups excluding carboxylic acids is 1. The lowest BCUT2D eigenvalue weighted by atomic mass is 9.95. The second kappa shape index (κ2) is 12.4. The first-order chi connectivity index (χ1) is 23.3. The fraction of sp³-hybridized carbons (Fsp3) is 0.486. The van der Waals surface area contributed by atoms with Crippen LogP contribution in [0.15, 0.2) is 48.5 Å². The van der Waals surface area contributed by atoms with E-state index in [1.165, 1.54) is 6.92 Å². The van der Waals surface area contributed by atoms with Gasteiger partial charge in [0.2, 0.25) is 5.91 Å². The fourth-order valence-electron chi connectivity index (χ4n) is 8.85. The topological polar surface area (TPSA) is 114 Å². The van der Waals surface area contributed by atoms with Crippen molar-refractivity contribution in [2.75, 3.05) is 50.8 Å². The molecule has 0 radical (unpaired) electrons. The molecule has 3 atom stereocenters. The largest absolute Gasteiger partial charge is 0.508 e. The summed E-state index contributed by atoms with van der Waals surface area (Å²) in [5.74, 6) is 0.101. The van der Waals surface area contributed by atoms with Crippen molar-refractivity contribution < 1.29 is 24.1 Å². The van der Waals surface area contributed by atoms with E-state index in [4.69, 9.17) is 14.7 Å². The number of hydrogen-bond acceptors (Lipinski definition) is 9. The Hall–Kier alpha value is -4.06. The molecule has 10 nitrogen and oxygen atoms in total. The van der Waals surface area contributed by atoms with E-state index in [-0.39, 0.29) is 47.4 Å². The van der Waals surface area contributed by atoms with Gasteiger partial charge in [-0.25, -0.2) is 4.39 Å². The Morgan fingerprint density at radius 2 is 1.79 bits per heavy atom. The number of benzene rings is 3. The third-order valence-corrected chi connectivity index (χ3v) is 11.1. The maximum absolute atomic E-state index is 16.9. The Morgan fingerprint density at radius 3 is 2.54 bits per heavy atom. The van der Waals surface area contributed by atoms with E-state index in [0.29, 0.717) is 48.6 Å². The number of nitrogens with zero attached hydrogens (tertiary/aromatic N) is 5. The number of phenols is 1. The maximum atomic E-state index is 16.9. The lowest BCUT2D eigenvalue weighted by molar-refractivity contribution is -0.119. The Bertz CT molecular complexity index is 1850. The molecule has 1 aromatic heterocycles. The van der Waals surface area contributed by atoms with Crippen LogP contribution in [0.25, 0.3) is 32.8 Å². The van der Waals surface area contributed by atoms with Crippen LogP contribution in [0.3, 0.4) is 0 Å². The number of piperazine rings is 1. The molecule has 3 N–H and O–H groups in total. The van der Waals surface area contributed by atoms with Crippen LogP contribution in [-0.2, 0) is 4.79 Å². The molecule has 1 amide bonds. The van der Waals surface area contributed by atoms with Crippen molar-refractivity contribution in [3.8, 4) is 22.9 Å². The molecule has 0 aliphatic carbocycles. The van der Waals surface area contributed by atoms with Gasteiger partial charge < -0.3 is 25.2 Å². The highest BCUT2D eigenvalue weighted by Crippen LogP contribution is 2.42. The number of halogens is 1. The number of aliphatic hydroxyl groups is 1. The van der Waals surface area contributed by atoms with Gasteiger partial charge >= 0.3 is 6.01 Å². The third-order valence-electron chi connectivity index (χ3n) is 11.1. The van der Waals surface area contributed by atoms with Gasteiger partial charge in [-0.3, -0.25) is 14.6 Å². The molecule has 252 valence electrons. The lowest BCUT2D eigenvalue weighted by Crippen LogP contribution is -2.56. The van der Waals surface area contributed by atoms with Crippen LogP contribution in [0.1, 0.15) is 45.4 Å². The van der Waals surface area contributed by atoms with Gasteiger partial charge in [0.15, 0.2) is 5.82 Å². The molecular formula is C37H43FN6O4. The number of aliphatic hydroxyl groups excluding tert-OH is 1. The van der Waals surface area contributed by atoms with Crippen molar-refractivity contribution in [2.45, 2.75) is 69.2 Å². The molecule has 4 aliphatic rings. The molecule has 4 aromatic rings. The molecule has 1 unspecified atom stereocenters. The average Bonchev–Trinajstić information content (AvgIpc) is 3.72. The smallest absolute Gasteiger partial charge is 0.319 e. The molecule has 4 aliphatic heterocycles. The molecule has 5 heterocycles. The molecule has 2 bridgehead atoms. The normalized spacial score (nSPS) is 22.8. The van der Waals surface area contributed by atoms with Crippen molar-refractivity contribution in [2.24, 2.45) is 0 Å². The van der Waals surface area contributed by atoms with E-state index in [2.05, 4.69) is 20.0 Å². The Labute approximate surface area is 279 Å². The average molecular weight is 655 g/mol. The predicted octanol–water partition coefficient (Wildman–Crippen LogP) is 4.45. The second-order valence-corrected chi connectivity index (χ2v) is 14.2. The van der Waals surface area contributed by atoms with Crippen molar-refractivity contribution in [3.63, 3.8) is 0 Å².